The number of ether oxygens (including phenoxy) is 1. The van der Waals surface area contributed by atoms with E-state index in [1.165, 1.54) is 13.2 Å². The molecule has 1 aliphatic rings. The second kappa shape index (κ2) is 3.88. The molecule has 0 spiro atoms. The van der Waals surface area contributed by atoms with Gasteiger partial charge in [0, 0.05) is 10.0 Å². The van der Waals surface area contributed by atoms with Crippen molar-refractivity contribution >= 4 is 15.9 Å². The Labute approximate surface area is 105 Å². The number of halogens is 4. The molecule has 0 aliphatic heterocycles. The molecule has 0 radical (unpaired) electrons. The molecule has 94 valence electrons. The van der Waals surface area contributed by atoms with Gasteiger partial charge in [-0.15, -0.1) is 0 Å². The Morgan fingerprint density at radius 1 is 1.35 bits per heavy atom. The van der Waals surface area contributed by atoms with Crippen molar-refractivity contribution in [2.45, 2.75) is 24.6 Å². The van der Waals surface area contributed by atoms with Gasteiger partial charge >= 0.3 is 6.18 Å². The smallest absolute Gasteiger partial charge is 0.420 e. The molecule has 1 aliphatic carbocycles. The Kier molecular flexibility index (Phi) is 2.90. The maximum Gasteiger partial charge on any atom is 0.420 e. The van der Waals surface area contributed by atoms with Gasteiger partial charge in [-0.1, -0.05) is 15.9 Å². The minimum Gasteiger partial charge on any atom is -0.496 e. The van der Waals surface area contributed by atoms with Crippen LogP contribution in [0.15, 0.2) is 16.6 Å². The minimum atomic E-state index is -4.50. The van der Waals surface area contributed by atoms with Crippen molar-refractivity contribution in [2.24, 2.45) is 0 Å². The van der Waals surface area contributed by atoms with Crippen LogP contribution in [-0.4, -0.2) is 12.2 Å². The highest BCUT2D eigenvalue weighted by Crippen LogP contribution is 2.52. The van der Waals surface area contributed by atoms with Crippen molar-refractivity contribution in [2.75, 3.05) is 7.11 Å². The van der Waals surface area contributed by atoms with Crippen molar-refractivity contribution in [3.05, 3.63) is 27.7 Å². The summed E-state index contributed by atoms with van der Waals surface area (Å²) in [5.41, 5.74) is -1.85. The van der Waals surface area contributed by atoms with E-state index in [1.807, 2.05) is 0 Å². The Morgan fingerprint density at radius 2 is 1.94 bits per heavy atom. The third-order valence-corrected chi connectivity index (χ3v) is 3.25. The second-order valence-electron chi connectivity index (χ2n) is 4.06. The van der Waals surface area contributed by atoms with E-state index < -0.39 is 17.3 Å². The molecule has 1 fully saturated rings. The predicted molar refractivity (Wildman–Crippen MR) is 58.8 cm³/mol. The molecule has 1 saturated carbocycles. The summed E-state index contributed by atoms with van der Waals surface area (Å²) in [6.45, 7) is 0. The van der Waals surface area contributed by atoms with Gasteiger partial charge in [0.15, 0.2) is 0 Å². The molecule has 1 aromatic carbocycles. The first-order chi connectivity index (χ1) is 7.78. The summed E-state index contributed by atoms with van der Waals surface area (Å²) in [5, 5.41) is 9.96. The van der Waals surface area contributed by atoms with E-state index in [9.17, 15) is 18.3 Å². The van der Waals surface area contributed by atoms with Gasteiger partial charge in [-0.2, -0.15) is 13.2 Å². The third-order valence-electron chi connectivity index (χ3n) is 2.79. The number of benzene rings is 1. The number of rotatable bonds is 2. The van der Waals surface area contributed by atoms with Crippen LogP contribution in [0.2, 0.25) is 0 Å². The lowest BCUT2D eigenvalue weighted by Crippen LogP contribution is -2.13. The number of alkyl halides is 3. The molecule has 0 atom stereocenters. The van der Waals surface area contributed by atoms with E-state index in [4.69, 9.17) is 4.74 Å². The van der Waals surface area contributed by atoms with E-state index >= 15 is 0 Å². The molecular weight excluding hydrogens is 301 g/mol. The van der Waals surface area contributed by atoms with Gasteiger partial charge in [-0.3, -0.25) is 0 Å². The first-order valence-corrected chi connectivity index (χ1v) is 5.75. The van der Waals surface area contributed by atoms with Crippen LogP contribution in [0.25, 0.3) is 0 Å². The Balaban J connectivity index is 2.64. The van der Waals surface area contributed by atoms with Crippen LogP contribution in [0.5, 0.6) is 5.75 Å². The first-order valence-electron chi connectivity index (χ1n) is 4.95. The van der Waals surface area contributed by atoms with Crippen molar-refractivity contribution in [3.63, 3.8) is 0 Å². The molecule has 0 heterocycles. The molecular formula is C11H10BrF3O2. The van der Waals surface area contributed by atoms with Crippen molar-refractivity contribution < 1.29 is 23.0 Å². The van der Waals surface area contributed by atoms with Crippen LogP contribution in [0.4, 0.5) is 13.2 Å². The fraction of sp³-hybridized carbons (Fsp3) is 0.455. The van der Waals surface area contributed by atoms with Gasteiger partial charge < -0.3 is 9.84 Å². The molecule has 1 aromatic rings. The maximum absolute atomic E-state index is 12.8. The molecule has 2 rings (SSSR count). The van der Waals surface area contributed by atoms with E-state index in [1.54, 1.807) is 0 Å². The van der Waals surface area contributed by atoms with Gasteiger partial charge in [-0.25, -0.2) is 0 Å². The summed E-state index contributed by atoms with van der Waals surface area (Å²) in [6.07, 6.45) is -3.59. The highest BCUT2D eigenvalue weighted by molar-refractivity contribution is 9.10. The van der Waals surface area contributed by atoms with E-state index in [0.29, 0.717) is 12.8 Å². The maximum atomic E-state index is 12.8. The Hall–Kier alpha value is -0.750. The van der Waals surface area contributed by atoms with Crippen LogP contribution in [-0.2, 0) is 11.8 Å². The summed E-state index contributed by atoms with van der Waals surface area (Å²) in [7, 11) is 1.17. The van der Waals surface area contributed by atoms with E-state index in [2.05, 4.69) is 15.9 Å². The van der Waals surface area contributed by atoms with Gasteiger partial charge in [0.2, 0.25) is 0 Å². The summed E-state index contributed by atoms with van der Waals surface area (Å²) in [6, 6.07) is 2.43. The molecule has 6 heteroatoms. The summed E-state index contributed by atoms with van der Waals surface area (Å²) in [4.78, 5) is 0. The van der Waals surface area contributed by atoms with Crippen molar-refractivity contribution in [1.82, 2.24) is 0 Å². The number of hydrogen-bond acceptors (Lipinski definition) is 2. The highest BCUT2D eigenvalue weighted by Gasteiger charge is 2.47. The van der Waals surface area contributed by atoms with Crippen LogP contribution in [0, 0.1) is 0 Å². The number of methoxy groups -OCH3 is 1. The van der Waals surface area contributed by atoms with Crippen LogP contribution < -0.4 is 4.74 Å². The minimum absolute atomic E-state index is 0.196. The van der Waals surface area contributed by atoms with Gasteiger partial charge in [0.25, 0.3) is 0 Å². The quantitative estimate of drug-likeness (QED) is 0.906. The molecule has 0 aromatic heterocycles. The Bertz CT molecular complexity index is 426. The zero-order valence-electron chi connectivity index (χ0n) is 8.94. The summed E-state index contributed by atoms with van der Waals surface area (Å²) >= 11 is 3.02. The fourth-order valence-corrected chi connectivity index (χ4v) is 2.22. The molecule has 0 unspecified atom stereocenters. The summed E-state index contributed by atoms with van der Waals surface area (Å²) in [5.74, 6) is -0.291. The van der Waals surface area contributed by atoms with Gasteiger partial charge in [-0.05, 0) is 25.0 Å². The molecule has 1 N–H and O–H groups in total. The molecule has 17 heavy (non-hydrogen) atoms. The zero-order chi connectivity index (χ0) is 12.8. The van der Waals surface area contributed by atoms with E-state index in [-0.39, 0.29) is 15.8 Å². The number of aliphatic hydroxyl groups is 1. The van der Waals surface area contributed by atoms with Crippen LogP contribution in [0.1, 0.15) is 24.0 Å². The van der Waals surface area contributed by atoms with Crippen molar-refractivity contribution in [1.29, 1.82) is 0 Å². The van der Waals surface area contributed by atoms with Crippen LogP contribution in [0.3, 0.4) is 0 Å². The third kappa shape index (κ3) is 2.28. The lowest BCUT2D eigenvalue weighted by molar-refractivity contribution is -0.138. The van der Waals surface area contributed by atoms with Gasteiger partial charge in [0.1, 0.15) is 5.75 Å². The monoisotopic (exact) mass is 310 g/mol. The molecule has 0 saturated heterocycles. The molecule has 0 bridgehead atoms. The van der Waals surface area contributed by atoms with Crippen LogP contribution >= 0.6 is 15.9 Å². The normalized spacial score (nSPS) is 18.0. The number of hydrogen-bond donors (Lipinski definition) is 1. The van der Waals surface area contributed by atoms with Gasteiger partial charge in [0.05, 0.1) is 18.3 Å². The average Bonchev–Trinajstić information content (AvgIpc) is 2.95. The SMILES string of the molecule is COc1c(C(F)(F)F)cc(Br)cc1C1(O)CC1. The van der Waals surface area contributed by atoms with E-state index in [0.717, 1.165) is 6.07 Å². The lowest BCUT2D eigenvalue weighted by atomic mass is 10.0. The first kappa shape index (κ1) is 12.7. The highest BCUT2D eigenvalue weighted by atomic mass is 79.9. The lowest BCUT2D eigenvalue weighted by Gasteiger charge is -2.19. The topological polar surface area (TPSA) is 29.5 Å². The molecule has 0 amide bonds. The summed E-state index contributed by atoms with van der Waals surface area (Å²) < 4.78 is 43.6. The van der Waals surface area contributed by atoms with Crippen molar-refractivity contribution in [3.8, 4) is 5.75 Å². The fourth-order valence-electron chi connectivity index (χ4n) is 1.76. The molecule has 2 nitrogen and oxygen atoms in total. The largest absolute Gasteiger partial charge is 0.496 e. The predicted octanol–water partition coefficient (Wildman–Crippen LogP) is 3.46. The Morgan fingerprint density at radius 3 is 2.35 bits per heavy atom. The average molecular weight is 311 g/mol. The zero-order valence-corrected chi connectivity index (χ0v) is 10.5. The second-order valence-corrected chi connectivity index (χ2v) is 4.98. The standard InChI is InChI=1S/C11H10BrF3O2/c1-17-9-7(10(16)2-3-10)4-6(12)5-8(9)11(13,14)15/h4-5,16H,2-3H2,1H3.